The predicted octanol–water partition coefficient (Wildman–Crippen LogP) is 2.46. The average Bonchev–Trinajstić information content (AvgIpc) is 2.44. The molecule has 2 amide bonds. The van der Waals surface area contributed by atoms with Crippen molar-refractivity contribution in [3.63, 3.8) is 0 Å². The Labute approximate surface area is 125 Å². The third-order valence-corrected chi connectivity index (χ3v) is 3.39. The normalized spacial score (nSPS) is 12.1. The number of carbonyl (C=O) groups excluding carboxylic acids is 2. The Bertz CT molecular complexity index is 471. The fourth-order valence-corrected chi connectivity index (χ4v) is 2.00. The molecular weight excluding hydrogens is 276 g/mol. The van der Waals surface area contributed by atoms with Crippen LogP contribution in [0.4, 0.5) is 0 Å². The van der Waals surface area contributed by atoms with E-state index in [1.54, 1.807) is 31.0 Å². The molecule has 0 saturated heterocycles. The van der Waals surface area contributed by atoms with Crippen molar-refractivity contribution in [2.75, 3.05) is 7.05 Å². The first-order valence-corrected chi connectivity index (χ1v) is 7.01. The second-order valence-electron chi connectivity index (χ2n) is 5.04. The zero-order valence-corrected chi connectivity index (χ0v) is 13.1. The van der Waals surface area contributed by atoms with Gasteiger partial charge < -0.3 is 10.2 Å². The molecule has 1 aromatic rings. The summed E-state index contributed by atoms with van der Waals surface area (Å²) in [4.78, 5) is 25.7. The maximum absolute atomic E-state index is 12.3. The van der Waals surface area contributed by atoms with Gasteiger partial charge in [0.15, 0.2) is 0 Å². The van der Waals surface area contributed by atoms with E-state index < -0.39 is 6.04 Å². The average molecular weight is 297 g/mol. The molecule has 110 valence electrons. The number of halogens is 1. The van der Waals surface area contributed by atoms with Crippen molar-refractivity contribution >= 4 is 23.4 Å². The van der Waals surface area contributed by atoms with Gasteiger partial charge in [-0.25, -0.2) is 0 Å². The number of rotatable bonds is 5. The molecule has 0 fully saturated rings. The summed E-state index contributed by atoms with van der Waals surface area (Å²) in [5, 5.41) is 3.23. The van der Waals surface area contributed by atoms with Gasteiger partial charge in [-0.15, -0.1) is 0 Å². The van der Waals surface area contributed by atoms with E-state index in [4.69, 9.17) is 11.6 Å². The molecule has 4 nitrogen and oxygen atoms in total. The lowest BCUT2D eigenvalue weighted by Gasteiger charge is -2.29. The number of nitrogens with zero attached hydrogens (tertiary/aromatic N) is 1. The van der Waals surface area contributed by atoms with Crippen molar-refractivity contribution in [2.24, 2.45) is 5.92 Å². The van der Waals surface area contributed by atoms with Gasteiger partial charge >= 0.3 is 0 Å². The maximum atomic E-state index is 12.3. The van der Waals surface area contributed by atoms with Gasteiger partial charge in [0.2, 0.25) is 11.8 Å². The number of nitrogens with one attached hydrogen (secondary N) is 1. The number of likely N-dealkylation sites (N-methyl/N-ethyl adjacent to an activating group) is 1. The van der Waals surface area contributed by atoms with Gasteiger partial charge in [0.25, 0.3) is 0 Å². The Morgan fingerprint density at radius 1 is 1.20 bits per heavy atom. The number of hydrogen-bond acceptors (Lipinski definition) is 2. The van der Waals surface area contributed by atoms with E-state index in [0.717, 1.165) is 5.56 Å². The van der Waals surface area contributed by atoms with E-state index in [1.165, 1.54) is 0 Å². The summed E-state index contributed by atoms with van der Waals surface area (Å²) in [5.74, 6) is -0.376. The highest BCUT2D eigenvalue weighted by Crippen LogP contribution is 2.15. The SMILES string of the molecule is CNC(=O)[C@@H](C)N(Cc1ccc(Cl)cc1)C(=O)C(C)C. The van der Waals surface area contributed by atoms with Crippen LogP contribution in [-0.4, -0.2) is 29.8 Å². The van der Waals surface area contributed by atoms with Crippen LogP contribution in [0.15, 0.2) is 24.3 Å². The lowest BCUT2D eigenvalue weighted by molar-refractivity contribution is -0.142. The van der Waals surface area contributed by atoms with Crippen LogP contribution >= 0.6 is 11.6 Å². The largest absolute Gasteiger partial charge is 0.357 e. The Morgan fingerprint density at radius 2 is 1.75 bits per heavy atom. The molecule has 0 aliphatic heterocycles. The van der Waals surface area contributed by atoms with E-state index >= 15 is 0 Å². The summed E-state index contributed by atoms with van der Waals surface area (Å²) in [5.41, 5.74) is 0.944. The molecule has 20 heavy (non-hydrogen) atoms. The van der Waals surface area contributed by atoms with Crippen LogP contribution < -0.4 is 5.32 Å². The van der Waals surface area contributed by atoms with Crippen LogP contribution in [0.25, 0.3) is 0 Å². The van der Waals surface area contributed by atoms with Gasteiger partial charge in [0.1, 0.15) is 6.04 Å². The molecule has 0 heterocycles. The molecule has 1 aromatic carbocycles. The van der Waals surface area contributed by atoms with E-state index in [0.29, 0.717) is 11.6 Å². The molecule has 0 bridgehead atoms. The van der Waals surface area contributed by atoms with Gasteiger partial charge in [0, 0.05) is 24.5 Å². The van der Waals surface area contributed by atoms with Crippen molar-refractivity contribution in [3.8, 4) is 0 Å². The first kappa shape index (κ1) is 16.5. The lowest BCUT2D eigenvalue weighted by Crippen LogP contribution is -2.48. The summed E-state index contributed by atoms with van der Waals surface area (Å²) in [6.07, 6.45) is 0. The standard InChI is InChI=1S/C15H21ClN2O2/c1-10(2)15(20)18(11(3)14(19)17-4)9-12-5-7-13(16)8-6-12/h5-8,10-11H,9H2,1-4H3,(H,17,19)/t11-/m1/s1. The van der Waals surface area contributed by atoms with Crippen LogP contribution in [0.1, 0.15) is 26.3 Å². The molecular formula is C15H21ClN2O2. The Kier molecular flexibility index (Phi) is 6.02. The van der Waals surface area contributed by atoms with Gasteiger partial charge in [-0.3, -0.25) is 9.59 Å². The molecule has 0 aliphatic rings. The zero-order valence-electron chi connectivity index (χ0n) is 12.3. The van der Waals surface area contributed by atoms with Crippen LogP contribution in [0.2, 0.25) is 5.02 Å². The highest BCUT2D eigenvalue weighted by molar-refractivity contribution is 6.30. The highest BCUT2D eigenvalue weighted by atomic mass is 35.5. The molecule has 1 rings (SSSR count). The molecule has 1 atom stereocenters. The van der Waals surface area contributed by atoms with Gasteiger partial charge in [-0.05, 0) is 24.6 Å². The second-order valence-corrected chi connectivity index (χ2v) is 5.47. The fourth-order valence-electron chi connectivity index (χ4n) is 1.87. The van der Waals surface area contributed by atoms with Crippen molar-refractivity contribution in [1.29, 1.82) is 0 Å². The summed E-state index contributed by atoms with van der Waals surface area (Å²) in [7, 11) is 1.57. The predicted molar refractivity (Wildman–Crippen MR) is 80.4 cm³/mol. The van der Waals surface area contributed by atoms with Crippen molar-refractivity contribution in [2.45, 2.75) is 33.4 Å². The van der Waals surface area contributed by atoms with E-state index in [-0.39, 0.29) is 17.7 Å². The molecule has 0 aliphatic carbocycles. The Morgan fingerprint density at radius 3 is 2.20 bits per heavy atom. The molecule has 0 radical (unpaired) electrons. The first-order valence-electron chi connectivity index (χ1n) is 6.63. The summed E-state index contributed by atoms with van der Waals surface area (Å²) < 4.78 is 0. The molecule has 1 N–H and O–H groups in total. The quantitative estimate of drug-likeness (QED) is 0.907. The van der Waals surface area contributed by atoms with Crippen LogP contribution in [-0.2, 0) is 16.1 Å². The third-order valence-electron chi connectivity index (χ3n) is 3.14. The molecule has 0 spiro atoms. The summed E-state index contributed by atoms with van der Waals surface area (Å²) in [6, 6.07) is 6.77. The minimum atomic E-state index is -0.509. The lowest BCUT2D eigenvalue weighted by atomic mass is 10.1. The highest BCUT2D eigenvalue weighted by Gasteiger charge is 2.26. The van der Waals surface area contributed by atoms with Crippen LogP contribution in [0.3, 0.4) is 0 Å². The van der Waals surface area contributed by atoms with Gasteiger partial charge in [-0.2, -0.15) is 0 Å². The van der Waals surface area contributed by atoms with E-state index in [9.17, 15) is 9.59 Å². The number of hydrogen-bond donors (Lipinski definition) is 1. The van der Waals surface area contributed by atoms with E-state index in [2.05, 4.69) is 5.32 Å². The molecule has 0 saturated carbocycles. The van der Waals surface area contributed by atoms with E-state index in [1.807, 2.05) is 26.0 Å². The number of benzene rings is 1. The Balaban J connectivity index is 2.96. The fraction of sp³-hybridized carbons (Fsp3) is 0.467. The Hall–Kier alpha value is -1.55. The van der Waals surface area contributed by atoms with Crippen LogP contribution in [0.5, 0.6) is 0 Å². The number of amides is 2. The van der Waals surface area contributed by atoms with Crippen LogP contribution in [0, 0.1) is 5.92 Å². The monoisotopic (exact) mass is 296 g/mol. The minimum absolute atomic E-state index is 0.0453. The first-order chi connectivity index (χ1) is 9.36. The molecule has 0 unspecified atom stereocenters. The summed E-state index contributed by atoms with van der Waals surface area (Å²) >= 11 is 5.85. The zero-order chi connectivity index (χ0) is 15.3. The summed E-state index contributed by atoms with van der Waals surface area (Å²) in [6.45, 7) is 5.78. The number of carbonyl (C=O) groups is 2. The minimum Gasteiger partial charge on any atom is -0.357 e. The van der Waals surface area contributed by atoms with Crippen molar-refractivity contribution < 1.29 is 9.59 Å². The molecule has 0 aromatic heterocycles. The third kappa shape index (κ3) is 4.23. The van der Waals surface area contributed by atoms with Crippen molar-refractivity contribution in [1.82, 2.24) is 10.2 Å². The van der Waals surface area contributed by atoms with Gasteiger partial charge in [0.05, 0.1) is 0 Å². The topological polar surface area (TPSA) is 49.4 Å². The van der Waals surface area contributed by atoms with Gasteiger partial charge in [-0.1, -0.05) is 37.6 Å². The smallest absolute Gasteiger partial charge is 0.242 e. The maximum Gasteiger partial charge on any atom is 0.242 e. The second kappa shape index (κ2) is 7.29. The van der Waals surface area contributed by atoms with Crippen molar-refractivity contribution in [3.05, 3.63) is 34.9 Å². The molecule has 5 heteroatoms.